The van der Waals surface area contributed by atoms with E-state index in [1.54, 1.807) is 0 Å². The van der Waals surface area contributed by atoms with Gasteiger partial charge in [0.25, 0.3) is 0 Å². The molecule has 0 radical (unpaired) electrons. The van der Waals surface area contributed by atoms with Crippen LogP contribution in [0.4, 0.5) is 0 Å². The summed E-state index contributed by atoms with van der Waals surface area (Å²) in [4.78, 5) is 39.1. The zero-order valence-corrected chi connectivity index (χ0v) is 21.6. The van der Waals surface area contributed by atoms with Gasteiger partial charge in [0.15, 0.2) is 0 Å². The maximum Gasteiger partial charge on any atom is 0.336 e. The number of nitrogens with one attached hydrogen (secondary N) is 3. The Bertz CT molecular complexity index is 907. The summed E-state index contributed by atoms with van der Waals surface area (Å²) in [5.41, 5.74) is 13.2. The van der Waals surface area contributed by atoms with Gasteiger partial charge in [-0.3, -0.25) is 0 Å². The fraction of sp³-hybridized carbons (Fsp3) is 0.857. The molecule has 0 amide bonds. The number of aliphatic hydroxyl groups excluding tert-OH is 5. The molecule has 1 aromatic rings. The minimum absolute atomic E-state index is 0.0145. The van der Waals surface area contributed by atoms with Crippen LogP contribution in [0, 0.1) is 0 Å². The van der Waals surface area contributed by atoms with E-state index in [1.165, 1.54) is 0 Å². The van der Waals surface area contributed by atoms with Crippen molar-refractivity contribution in [2.45, 2.75) is 56.6 Å². The van der Waals surface area contributed by atoms with Crippen LogP contribution in [0.1, 0.15) is 6.42 Å². The van der Waals surface area contributed by atoms with Crippen LogP contribution in [0.25, 0.3) is 0 Å². The molecule has 17 nitrogen and oxygen atoms in total. The van der Waals surface area contributed by atoms with Gasteiger partial charge in [0, 0.05) is 58.9 Å². The molecule has 0 saturated heterocycles. The molecule has 5 atom stereocenters. The van der Waals surface area contributed by atoms with E-state index in [4.69, 9.17) is 17.2 Å². The molecule has 1 rings (SSSR count). The molecule has 222 valence electrons. The Hall–Kier alpha value is -2.03. The Morgan fingerprint density at radius 2 is 0.895 bits per heavy atom. The van der Waals surface area contributed by atoms with Gasteiger partial charge in [-0.15, -0.1) is 0 Å². The van der Waals surface area contributed by atoms with Gasteiger partial charge < -0.3 is 58.7 Å². The van der Waals surface area contributed by atoms with Gasteiger partial charge in [-0.05, 0) is 13.0 Å². The van der Waals surface area contributed by atoms with Crippen molar-refractivity contribution < 1.29 is 25.5 Å². The second-order valence-corrected chi connectivity index (χ2v) is 9.07. The summed E-state index contributed by atoms with van der Waals surface area (Å²) in [5.74, 6) is 0. The number of hydrogen-bond acceptors (Lipinski definition) is 14. The standard InChI is InChI=1S/C21H45N9O8/c22-4-14(31)7-25-2-1-3-28-19(36)29(12-17(34)10-26-8-15(32)5-23)21(38)30(20(28)37)13-18(35)11-27-9-16(33)6-24/h14-18,25-27,31-35H,1-13,22-24H2. The average Bonchev–Trinajstić information content (AvgIpc) is 2.90. The van der Waals surface area contributed by atoms with Crippen molar-refractivity contribution in [1.29, 1.82) is 0 Å². The molecule has 0 aliphatic rings. The molecule has 17 heteroatoms. The maximum absolute atomic E-state index is 13.1. The quantitative estimate of drug-likeness (QED) is 0.0633. The molecule has 14 N–H and O–H groups in total. The molecule has 0 bridgehead atoms. The minimum atomic E-state index is -1.21. The highest BCUT2D eigenvalue weighted by molar-refractivity contribution is 4.82. The van der Waals surface area contributed by atoms with E-state index >= 15 is 0 Å². The average molecular weight is 552 g/mol. The first-order valence-corrected chi connectivity index (χ1v) is 12.6. The van der Waals surface area contributed by atoms with Gasteiger partial charge in [-0.25, -0.2) is 28.1 Å². The molecule has 0 aliphatic heterocycles. The van der Waals surface area contributed by atoms with E-state index < -0.39 is 60.7 Å². The predicted molar refractivity (Wildman–Crippen MR) is 140 cm³/mol. The Balaban J connectivity index is 3.10. The van der Waals surface area contributed by atoms with E-state index in [1.807, 2.05) is 0 Å². The molecule has 1 heterocycles. The van der Waals surface area contributed by atoms with E-state index in [0.29, 0.717) is 13.0 Å². The molecule has 0 aromatic carbocycles. The Morgan fingerprint density at radius 3 is 1.29 bits per heavy atom. The lowest BCUT2D eigenvalue weighted by molar-refractivity contribution is 0.125. The number of nitrogens with zero attached hydrogens (tertiary/aromatic N) is 3. The van der Waals surface area contributed by atoms with Crippen molar-refractivity contribution in [3.63, 3.8) is 0 Å². The van der Waals surface area contributed by atoms with E-state index in [0.717, 1.165) is 13.7 Å². The molecular formula is C21H45N9O8. The predicted octanol–water partition coefficient (Wildman–Crippen LogP) is -7.99. The van der Waals surface area contributed by atoms with Gasteiger partial charge in [0.1, 0.15) is 0 Å². The highest BCUT2D eigenvalue weighted by atomic mass is 16.3. The van der Waals surface area contributed by atoms with Crippen LogP contribution in [-0.2, 0) is 19.6 Å². The van der Waals surface area contributed by atoms with Crippen LogP contribution in [0.2, 0.25) is 0 Å². The second-order valence-electron chi connectivity index (χ2n) is 9.07. The van der Waals surface area contributed by atoms with Gasteiger partial charge in [0.05, 0.1) is 43.6 Å². The van der Waals surface area contributed by atoms with Gasteiger partial charge in [0.2, 0.25) is 0 Å². The summed E-state index contributed by atoms with van der Waals surface area (Å²) >= 11 is 0. The summed E-state index contributed by atoms with van der Waals surface area (Å²) in [6, 6.07) is 0. The van der Waals surface area contributed by atoms with E-state index in [-0.39, 0.29) is 58.9 Å². The topological polar surface area (TPSA) is 281 Å². The molecule has 0 aliphatic carbocycles. The van der Waals surface area contributed by atoms with Crippen molar-refractivity contribution >= 4 is 0 Å². The van der Waals surface area contributed by atoms with Gasteiger partial charge in [-0.1, -0.05) is 0 Å². The molecule has 5 unspecified atom stereocenters. The first-order chi connectivity index (χ1) is 18.0. The van der Waals surface area contributed by atoms with Crippen molar-refractivity contribution in [2.24, 2.45) is 17.2 Å². The van der Waals surface area contributed by atoms with Gasteiger partial charge in [-0.2, -0.15) is 0 Å². The Kier molecular flexibility index (Phi) is 16.4. The third-order valence-corrected chi connectivity index (χ3v) is 5.62. The third kappa shape index (κ3) is 11.8. The van der Waals surface area contributed by atoms with Crippen LogP contribution >= 0.6 is 0 Å². The molecule has 1 aromatic heterocycles. The van der Waals surface area contributed by atoms with E-state index in [2.05, 4.69) is 16.0 Å². The van der Waals surface area contributed by atoms with Crippen molar-refractivity contribution in [3.8, 4) is 0 Å². The fourth-order valence-corrected chi connectivity index (χ4v) is 3.45. The summed E-state index contributed by atoms with van der Waals surface area (Å²) < 4.78 is 2.28. The van der Waals surface area contributed by atoms with Gasteiger partial charge >= 0.3 is 17.1 Å². The van der Waals surface area contributed by atoms with Crippen LogP contribution in [0.3, 0.4) is 0 Å². The lowest BCUT2D eigenvalue weighted by Crippen LogP contribution is -2.57. The SMILES string of the molecule is NCC(O)CNCCCn1c(=O)n(CC(O)CNCC(O)CN)c(=O)n(CC(O)CNCC(O)CN)c1=O. The smallest absolute Gasteiger partial charge is 0.336 e. The summed E-state index contributed by atoms with van der Waals surface area (Å²) in [5, 5.41) is 57.8. The lowest BCUT2D eigenvalue weighted by atomic mass is 10.3. The van der Waals surface area contributed by atoms with Crippen molar-refractivity contribution in [3.05, 3.63) is 31.5 Å². The largest absolute Gasteiger partial charge is 0.390 e. The zero-order chi connectivity index (χ0) is 28.7. The normalized spacial score (nSPS) is 15.8. The first-order valence-electron chi connectivity index (χ1n) is 12.6. The summed E-state index contributed by atoms with van der Waals surface area (Å²) in [6.45, 7) is -0.225. The van der Waals surface area contributed by atoms with Crippen molar-refractivity contribution in [2.75, 3.05) is 58.9 Å². The summed E-state index contributed by atoms with van der Waals surface area (Å²) in [6.07, 6.45) is -4.53. The molecule has 0 fully saturated rings. The lowest BCUT2D eigenvalue weighted by Gasteiger charge is -2.19. The molecular weight excluding hydrogens is 506 g/mol. The minimum Gasteiger partial charge on any atom is -0.390 e. The van der Waals surface area contributed by atoms with Crippen molar-refractivity contribution in [1.82, 2.24) is 29.7 Å². The summed E-state index contributed by atoms with van der Waals surface area (Å²) in [7, 11) is 0. The zero-order valence-electron chi connectivity index (χ0n) is 21.6. The maximum atomic E-state index is 13.1. The Morgan fingerprint density at radius 1 is 0.553 bits per heavy atom. The molecule has 0 saturated carbocycles. The number of aliphatic hydroxyl groups is 5. The van der Waals surface area contributed by atoms with Crippen LogP contribution in [0.5, 0.6) is 0 Å². The van der Waals surface area contributed by atoms with Crippen LogP contribution in [-0.4, -0.2) is 129 Å². The molecule has 0 spiro atoms. The number of rotatable bonds is 21. The number of hydrogen-bond donors (Lipinski definition) is 11. The van der Waals surface area contributed by atoms with Crippen LogP contribution < -0.4 is 50.2 Å². The molecule has 38 heavy (non-hydrogen) atoms. The fourth-order valence-electron chi connectivity index (χ4n) is 3.45. The first kappa shape index (κ1) is 34.0. The second kappa shape index (κ2) is 18.3. The highest BCUT2D eigenvalue weighted by Crippen LogP contribution is 1.90. The number of aromatic nitrogens is 3. The third-order valence-electron chi connectivity index (χ3n) is 5.62. The van der Waals surface area contributed by atoms with E-state index in [9.17, 15) is 39.9 Å². The van der Waals surface area contributed by atoms with Crippen LogP contribution in [0.15, 0.2) is 14.4 Å². The highest BCUT2D eigenvalue weighted by Gasteiger charge is 2.20. The Labute approximate surface area is 219 Å². The monoisotopic (exact) mass is 551 g/mol. The number of nitrogens with two attached hydrogens (primary N) is 3.